The molecule has 26 heavy (non-hydrogen) atoms. The molecule has 0 aromatic heterocycles. The molecular weight excluding hydrogens is 368 g/mol. The molecule has 1 saturated heterocycles. The molecular formula is C20H17ClN2O2S. The summed E-state index contributed by atoms with van der Waals surface area (Å²) in [6.45, 7) is 2.38. The molecule has 0 unspecified atom stereocenters. The minimum atomic E-state index is -0.276. The third kappa shape index (κ3) is 3.95. The van der Waals surface area contributed by atoms with E-state index in [9.17, 15) is 4.79 Å². The van der Waals surface area contributed by atoms with Crippen molar-refractivity contribution in [2.45, 2.75) is 6.92 Å². The molecule has 0 radical (unpaired) electrons. The number of thiocarbonyl (C=S) groups is 1. The maximum Gasteiger partial charge on any atom is 0.281 e. The number of ether oxygens (including phenoxy) is 1. The number of para-hydroxylation sites is 2. The number of hydrogen-bond acceptors (Lipinski definition) is 3. The number of anilines is 1. The molecule has 1 aliphatic rings. The summed E-state index contributed by atoms with van der Waals surface area (Å²) in [4.78, 5) is 14.2. The monoisotopic (exact) mass is 384 g/mol. The number of carbonyl (C=O) groups excluding carboxylic acids is 1. The lowest BCUT2D eigenvalue weighted by Crippen LogP contribution is -2.30. The van der Waals surface area contributed by atoms with E-state index < -0.39 is 0 Å². The van der Waals surface area contributed by atoms with Gasteiger partial charge in [-0.15, -0.1) is 0 Å². The second kappa shape index (κ2) is 8.17. The lowest BCUT2D eigenvalue weighted by atomic mass is 10.2. The highest BCUT2D eigenvalue weighted by Gasteiger charge is 2.33. The molecule has 2 aromatic rings. The number of amides is 1. The van der Waals surface area contributed by atoms with Gasteiger partial charge in [0.2, 0.25) is 0 Å². The van der Waals surface area contributed by atoms with Gasteiger partial charge >= 0.3 is 0 Å². The van der Waals surface area contributed by atoms with Gasteiger partial charge in [-0.3, -0.25) is 4.79 Å². The molecule has 1 N–H and O–H groups in total. The van der Waals surface area contributed by atoms with Crippen molar-refractivity contribution in [1.29, 1.82) is 0 Å². The third-order valence-electron chi connectivity index (χ3n) is 3.67. The first-order valence-corrected chi connectivity index (χ1v) is 8.90. The van der Waals surface area contributed by atoms with Crippen LogP contribution in [0.15, 0.2) is 71.4 Å². The van der Waals surface area contributed by atoms with E-state index in [0.29, 0.717) is 28.8 Å². The van der Waals surface area contributed by atoms with Gasteiger partial charge < -0.3 is 10.1 Å². The van der Waals surface area contributed by atoms with Gasteiger partial charge in [0.05, 0.1) is 12.3 Å². The fourth-order valence-corrected chi connectivity index (χ4v) is 3.09. The van der Waals surface area contributed by atoms with E-state index in [0.717, 1.165) is 5.56 Å². The summed E-state index contributed by atoms with van der Waals surface area (Å²) in [6, 6.07) is 16.9. The van der Waals surface area contributed by atoms with E-state index in [1.807, 2.05) is 49.4 Å². The Morgan fingerprint density at radius 3 is 2.62 bits per heavy atom. The van der Waals surface area contributed by atoms with Crippen LogP contribution in [0.2, 0.25) is 0 Å². The number of nitrogens with one attached hydrogen (secondary N) is 1. The van der Waals surface area contributed by atoms with Crippen LogP contribution in [0.5, 0.6) is 5.75 Å². The van der Waals surface area contributed by atoms with Crippen LogP contribution in [0.25, 0.3) is 6.08 Å². The molecule has 1 fully saturated rings. The van der Waals surface area contributed by atoms with Crippen LogP contribution in [0.3, 0.4) is 0 Å². The van der Waals surface area contributed by atoms with Gasteiger partial charge in [-0.2, -0.15) is 0 Å². The van der Waals surface area contributed by atoms with Gasteiger partial charge in [-0.1, -0.05) is 54.1 Å². The fourth-order valence-electron chi connectivity index (χ4n) is 2.56. The zero-order valence-electron chi connectivity index (χ0n) is 14.1. The number of allylic oxidation sites excluding steroid dienone is 2. The van der Waals surface area contributed by atoms with Gasteiger partial charge in [0.1, 0.15) is 11.4 Å². The molecule has 4 nitrogen and oxygen atoms in total. The van der Waals surface area contributed by atoms with Crippen molar-refractivity contribution in [1.82, 2.24) is 5.32 Å². The van der Waals surface area contributed by atoms with Crippen molar-refractivity contribution in [3.63, 3.8) is 0 Å². The number of halogens is 1. The summed E-state index contributed by atoms with van der Waals surface area (Å²) < 4.78 is 5.60. The molecule has 0 spiro atoms. The fraction of sp³-hybridized carbons (Fsp3) is 0.100. The normalized spacial score (nSPS) is 16.2. The van der Waals surface area contributed by atoms with E-state index in [-0.39, 0.29) is 11.0 Å². The molecule has 1 amide bonds. The second-order valence-corrected chi connectivity index (χ2v) is 6.29. The minimum absolute atomic E-state index is 0.276. The number of carbonyl (C=O) groups is 1. The van der Waals surface area contributed by atoms with Crippen molar-refractivity contribution >= 4 is 46.6 Å². The molecule has 0 bridgehead atoms. The van der Waals surface area contributed by atoms with E-state index in [4.69, 9.17) is 28.6 Å². The first-order valence-electron chi connectivity index (χ1n) is 8.11. The number of rotatable bonds is 5. The molecule has 0 atom stereocenters. The molecule has 0 saturated carbocycles. The van der Waals surface area contributed by atoms with Crippen molar-refractivity contribution < 1.29 is 9.53 Å². The van der Waals surface area contributed by atoms with Crippen LogP contribution >= 0.6 is 23.8 Å². The molecule has 6 heteroatoms. The second-order valence-electron chi connectivity index (χ2n) is 5.47. The van der Waals surface area contributed by atoms with Crippen LogP contribution in [0.1, 0.15) is 12.5 Å². The van der Waals surface area contributed by atoms with E-state index in [1.165, 1.54) is 4.90 Å². The van der Waals surface area contributed by atoms with Crippen molar-refractivity contribution in [2.24, 2.45) is 0 Å². The van der Waals surface area contributed by atoms with Gasteiger partial charge in [-0.05, 0) is 49.0 Å². The van der Waals surface area contributed by atoms with E-state index >= 15 is 0 Å². The quantitative estimate of drug-likeness (QED) is 0.610. The van der Waals surface area contributed by atoms with Crippen molar-refractivity contribution in [2.75, 3.05) is 11.5 Å². The van der Waals surface area contributed by atoms with Crippen LogP contribution < -0.4 is 15.0 Å². The Hall–Kier alpha value is -2.63. The zero-order chi connectivity index (χ0) is 18.5. The van der Waals surface area contributed by atoms with Crippen molar-refractivity contribution in [3.05, 3.63) is 77.0 Å². The van der Waals surface area contributed by atoms with Crippen molar-refractivity contribution in [3.8, 4) is 5.75 Å². The highest BCUT2D eigenvalue weighted by molar-refractivity contribution is 7.80. The largest absolute Gasteiger partial charge is 0.492 e. The SMILES string of the molecule is CCOc1ccccc1N1C(=O)/C(=C\C(Cl)=C\c2ccccc2)NC1=S. The highest BCUT2D eigenvalue weighted by Crippen LogP contribution is 2.31. The zero-order valence-corrected chi connectivity index (χ0v) is 15.7. The summed E-state index contributed by atoms with van der Waals surface area (Å²) in [7, 11) is 0. The Labute approximate surface area is 162 Å². The maximum atomic E-state index is 12.8. The first-order chi connectivity index (χ1) is 12.6. The maximum absolute atomic E-state index is 12.8. The number of nitrogens with zero attached hydrogens (tertiary/aromatic N) is 1. The summed E-state index contributed by atoms with van der Waals surface area (Å²) in [5, 5.41) is 3.64. The lowest BCUT2D eigenvalue weighted by Gasteiger charge is -2.17. The van der Waals surface area contributed by atoms with Crippen LogP contribution in [0.4, 0.5) is 5.69 Å². The smallest absolute Gasteiger partial charge is 0.281 e. The Morgan fingerprint density at radius 2 is 1.88 bits per heavy atom. The summed E-state index contributed by atoms with van der Waals surface area (Å²) in [5.41, 5.74) is 1.86. The number of hydrogen-bond donors (Lipinski definition) is 1. The average Bonchev–Trinajstić information content (AvgIpc) is 2.90. The lowest BCUT2D eigenvalue weighted by molar-refractivity contribution is -0.113. The van der Waals surface area contributed by atoms with Gasteiger partial charge in [0.15, 0.2) is 5.11 Å². The topological polar surface area (TPSA) is 41.6 Å². The molecule has 1 aliphatic heterocycles. The van der Waals surface area contributed by atoms with Gasteiger partial charge in [-0.25, -0.2) is 4.90 Å². The highest BCUT2D eigenvalue weighted by atomic mass is 35.5. The first kappa shape index (κ1) is 18.2. The Bertz CT molecular complexity index is 894. The average molecular weight is 385 g/mol. The number of benzene rings is 2. The van der Waals surface area contributed by atoms with E-state index in [1.54, 1.807) is 24.3 Å². The summed E-state index contributed by atoms with van der Waals surface area (Å²) in [6.07, 6.45) is 3.36. The van der Waals surface area contributed by atoms with Gasteiger partial charge in [0.25, 0.3) is 5.91 Å². The van der Waals surface area contributed by atoms with E-state index in [2.05, 4.69) is 5.32 Å². The van der Waals surface area contributed by atoms with Crippen LogP contribution in [-0.4, -0.2) is 17.6 Å². The molecule has 3 rings (SSSR count). The Kier molecular flexibility index (Phi) is 5.71. The van der Waals surface area contributed by atoms with Crippen LogP contribution in [0, 0.1) is 0 Å². The molecule has 0 aliphatic carbocycles. The molecule has 2 aromatic carbocycles. The molecule has 1 heterocycles. The van der Waals surface area contributed by atoms with Gasteiger partial charge in [0, 0.05) is 5.03 Å². The Morgan fingerprint density at radius 1 is 1.19 bits per heavy atom. The summed E-state index contributed by atoms with van der Waals surface area (Å²) >= 11 is 11.6. The third-order valence-corrected chi connectivity index (χ3v) is 4.17. The minimum Gasteiger partial charge on any atom is -0.492 e. The predicted octanol–water partition coefficient (Wildman–Crippen LogP) is 4.47. The summed E-state index contributed by atoms with van der Waals surface area (Å²) in [5.74, 6) is 0.321. The molecule has 132 valence electrons. The Balaban J connectivity index is 1.89. The predicted molar refractivity (Wildman–Crippen MR) is 109 cm³/mol. The standard InChI is InChI=1S/C20H17ClN2O2S/c1-2-25-18-11-7-6-10-17(18)23-19(24)16(22-20(23)26)13-15(21)12-14-8-4-3-5-9-14/h3-13H,2H2,1H3,(H,22,26)/b15-12-,16-13+. The van der Waals surface area contributed by atoms with Crippen LogP contribution in [-0.2, 0) is 4.79 Å².